The van der Waals surface area contributed by atoms with Gasteiger partial charge in [-0.15, -0.1) is 0 Å². The Bertz CT molecular complexity index is 2180. The summed E-state index contributed by atoms with van der Waals surface area (Å²) in [5, 5.41) is 10.8. The molecule has 0 bridgehead atoms. The fraction of sp³-hybridized carbons (Fsp3) is 0. The van der Waals surface area contributed by atoms with E-state index in [0.29, 0.717) is 0 Å². The number of benzene rings is 6. The highest BCUT2D eigenvalue weighted by molar-refractivity contribution is 6.23. The molecule has 8 aromatic rings. The van der Waals surface area contributed by atoms with Crippen molar-refractivity contribution in [2.45, 2.75) is 0 Å². The van der Waals surface area contributed by atoms with Crippen molar-refractivity contribution in [2.75, 3.05) is 0 Å². The largest absolute Gasteiger partial charge is 0.255 e. The molecule has 0 N–H and O–H groups in total. The third-order valence-electron chi connectivity index (χ3n) is 7.66. The Kier molecular flexibility index (Phi) is 4.55. The lowest BCUT2D eigenvalue weighted by Gasteiger charge is -2.15. The van der Waals surface area contributed by atoms with Crippen LogP contribution in [0.4, 0.5) is 0 Å². The van der Waals surface area contributed by atoms with Gasteiger partial charge in [0.25, 0.3) is 0 Å². The summed E-state index contributed by atoms with van der Waals surface area (Å²) in [5.74, 6) is 0. The van der Waals surface area contributed by atoms with Crippen molar-refractivity contribution in [3.8, 4) is 22.5 Å². The molecular weight excluding hydrogens is 460 g/mol. The number of hydrogen-bond acceptors (Lipinski definition) is 2. The molecule has 2 aromatic heterocycles. The van der Waals surface area contributed by atoms with Crippen LogP contribution < -0.4 is 0 Å². The van der Waals surface area contributed by atoms with Gasteiger partial charge in [-0.2, -0.15) is 0 Å². The van der Waals surface area contributed by atoms with Gasteiger partial charge in [0.05, 0.1) is 16.9 Å². The average molecular weight is 483 g/mol. The topological polar surface area (TPSA) is 25.8 Å². The van der Waals surface area contributed by atoms with Gasteiger partial charge in [0.15, 0.2) is 0 Å². The molecule has 0 saturated heterocycles. The van der Waals surface area contributed by atoms with Crippen molar-refractivity contribution in [1.82, 2.24) is 9.97 Å². The second kappa shape index (κ2) is 8.22. The number of para-hydroxylation sites is 1. The molecule has 0 spiro atoms. The van der Waals surface area contributed by atoms with Crippen molar-refractivity contribution in [2.24, 2.45) is 0 Å². The molecule has 6 aromatic carbocycles. The molecule has 0 fully saturated rings. The second-order valence-corrected chi connectivity index (χ2v) is 9.81. The number of pyridine rings is 2. The van der Waals surface area contributed by atoms with E-state index in [4.69, 9.17) is 9.97 Å². The van der Waals surface area contributed by atoms with E-state index in [1.54, 1.807) is 0 Å². The number of hydrogen-bond donors (Lipinski definition) is 0. The maximum Gasteiger partial charge on any atom is 0.0810 e. The summed E-state index contributed by atoms with van der Waals surface area (Å²) in [7, 11) is 0. The van der Waals surface area contributed by atoms with Crippen molar-refractivity contribution < 1.29 is 0 Å². The predicted molar refractivity (Wildman–Crippen MR) is 160 cm³/mol. The molecule has 0 radical (unpaired) electrons. The molecule has 0 saturated carbocycles. The Labute approximate surface area is 219 Å². The maximum absolute atomic E-state index is 5.23. The van der Waals surface area contributed by atoms with E-state index >= 15 is 0 Å². The van der Waals surface area contributed by atoms with E-state index < -0.39 is 0 Å². The molecule has 8 rings (SSSR count). The number of fused-ring (bicyclic) bond motifs is 7. The second-order valence-electron chi connectivity index (χ2n) is 9.81. The van der Waals surface area contributed by atoms with E-state index in [1.165, 1.54) is 32.3 Å². The number of aromatic nitrogens is 2. The average Bonchev–Trinajstić information content (AvgIpc) is 2.99. The number of rotatable bonds is 2. The van der Waals surface area contributed by atoms with Crippen LogP contribution in [0.5, 0.6) is 0 Å². The Balaban J connectivity index is 1.45. The molecule has 0 atom stereocenters. The van der Waals surface area contributed by atoms with Crippen LogP contribution in [0.25, 0.3) is 76.5 Å². The first kappa shape index (κ1) is 21.0. The molecule has 0 unspecified atom stereocenters. The van der Waals surface area contributed by atoms with Gasteiger partial charge < -0.3 is 0 Å². The lowest BCUT2D eigenvalue weighted by molar-refractivity contribution is 1.34. The van der Waals surface area contributed by atoms with Crippen LogP contribution in [-0.2, 0) is 0 Å². The normalized spacial score (nSPS) is 11.7. The third kappa shape index (κ3) is 3.14. The summed E-state index contributed by atoms with van der Waals surface area (Å²) in [6.45, 7) is 0. The minimum atomic E-state index is 0.971. The Morgan fingerprint density at radius 2 is 1.08 bits per heavy atom. The quantitative estimate of drug-likeness (QED) is 0.229. The predicted octanol–water partition coefficient (Wildman–Crippen LogP) is 9.58. The Hall–Kier alpha value is -5.08. The zero-order valence-electron chi connectivity index (χ0n) is 20.6. The Morgan fingerprint density at radius 3 is 1.95 bits per heavy atom. The van der Waals surface area contributed by atoms with Crippen molar-refractivity contribution in [1.29, 1.82) is 0 Å². The third-order valence-corrected chi connectivity index (χ3v) is 7.66. The van der Waals surface area contributed by atoms with E-state index in [9.17, 15) is 0 Å². The van der Waals surface area contributed by atoms with Crippen molar-refractivity contribution in [3.05, 3.63) is 134 Å². The summed E-state index contributed by atoms with van der Waals surface area (Å²) in [6.07, 6.45) is 2.01. The highest BCUT2D eigenvalue weighted by Crippen LogP contribution is 2.40. The van der Waals surface area contributed by atoms with Gasteiger partial charge in [-0.1, -0.05) is 115 Å². The van der Waals surface area contributed by atoms with Crippen LogP contribution in [0, 0.1) is 0 Å². The van der Waals surface area contributed by atoms with Crippen LogP contribution in [0.1, 0.15) is 0 Å². The first-order chi connectivity index (χ1) is 18.8. The highest BCUT2D eigenvalue weighted by Gasteiger charge is 2.17. The van der Waals surface area contributed by atoms with E-state index in [-0.39, 0.29) is 0 Å². The van der Waals surface area contributed by atoms with Gasteiger partial charge in [-0.05, 0) is 39.1 Å². The van der Waals surface area contributed by atoms with Gasteiger partial charge >= 0.3 is 0 Å². The SMILES string of the molecule is c1ccc2cc(-c3ncc(-c4nc5ccccc5c5c4ccc4ccccc45)c4ccccc34)ccc2c1. The van der Waals surface area contributed by atoms with Gasteiger partial charge in [-0.25, -0.2) is 4.98 Å². The van der Waals surface area contributed by atoms with Crippen LogP contribution in [0.15, 0.2) is 134 Å². The van der Waals surface area contributed by atoms with Crippen LogP contribution in [0.2, 0.25) is 0 Å². The lowest BCUT2D eigenvalue weighted by atomic mass is 9.93. The zero-order chi connectivity index (χ0) is 25.1. The molecular formula is C36H22N2. The van der Waals surface area contributed by atoms with Gasteiger partial charge in [0.2, 0.25) is 0 Å². The van der Waals surface area contributed by atoms with E-state index in [1.807, 2.05) is 6.20 Å². The lowest BCUT2D eigenvalue weighted by Crippen LogP contribution is -1.94. The summed E-state index contributed by atoms with van der Waals surface area (Å²) < 4.78 is 0. The fourth-order valence-corrected chi connectivity index (χ4v) is 5.88. The molecule has 0 aliphatic rings. The number of nitrogens with zero attached hydrogens (tertiary/aromatic N) is 2. The molecule has 0 amide bonds. The molecule has 176 valence electrons. The highest BCUT2D eigenvalue weighted by atomic mass is 14.7. The molecule has 2 heterocycles. The molecule has 38 heavy (non-hydrogen) atoms. The van der Waals surface area contributed by atoms with Gasteiger partial charge in [0.1, 0.15) is 0 Å². The first-order valence-corrected chi connectivity index (χ1v) is 12.9. The van der Waals surface area contributed by atoms with Crippen molar-refractivity contribution in [3.63, 3.8) is 0 Å². The molecule has 2 nitrogen and oxygen atoms in total. The van der Waals surface area contributed by atoms with Gasteiger partial charge in [0, 0.05) is 38.9 Å². The summed E-state index contributed by atoms with van der Waals surface area (Å²) in [5.41, 5.74) is 5.13. The van der Waals surface area contributed by atoms with Gasteiger partial charge in [-0.3, -0.25) is 4.98 Å². The minimum Gasteiger partial charge on any atom is -0.255 e. The summed E-state index contributed by atoms with van der Waals surface area (Å²) >= 11 is 0. The maximum atomic E-state index is 5.23. The fourth-order valence-electron chi connectivity index (χ4n) is 5.88. The van der Waals surface area contributed by atoms with E-state index in [2.05, 4.69) is 127 Å². The summed E-state index contributed by atoms with van der Waals surface area (Å²) in [4.78, 5) is 10.3. The molecule has 2 heteroatoms. The zero-order valence-corrected chi connectivity index (χ0v) is 20.6. The molecule has 0 aliphatic carbocycles. The first-order valence-electron chi connectivity index (χ1n) is 12.9. The van der Waals surface area contributed by atoms with Crippen molar-refractivity contribution >= 4 is 54.0 Å². The standard InChI is InChI=1S/C36H22N2/c1-2-11-25-21-26(18-17-23(25)9-1)35-29-14-6-5-13-28(29)32(22-37-35)36-31-20-19-24-10-3-4-12-27(24)34(31)30-15-7-8-16-33(30)38-36/h1-22H. The van der Waals surface area contributed by atoms with E-state index in [0.717, 1.165) is 44.2 Å². The minimum absolute atomic E-state index is 0.971. The van der Waals surface area contributed by atoms with Crippen LogP contribution in [-0.4, -0.2) is 9.97 Å². The Morgan fingerprint density at radius 1 is 0.421 bits per heavy atom. The van der Waals surface area contributed by atoms with Crippen LogP contribution >= 0.6 is 0 Å². The molecule has 0 aliphatic heterocycles. The summed E-state index contributed by atoms with van der Waals surface area (Å²) in [6, 6.07) is 45.1. The monoisotopic (exact) mass is 482 g/mol. The smallest absolute Gasteiger partial charge is 0.0810 e. The van der Waals surface area contributed by atoms with Crippen LogP contribution in [0.3, 0.4) is 0 Å².